The minimum Gasteiger partial charge on any atom is -0.444 e. The average molecular weight is 272 g/mol. The third-order valence-electron chi connectivity index (χ3n) is 3.35. The van der Waals surface area contributed by atoms with Gasteiger partial charge in [0.25, 0.3) is 0 Å². The average Bonchev–Trinajstić information content (AvgIpc) is 2.34. The molecular weight excluding hydrogens is 244 g/mol. The Balaban J connectivity index is 2.39. The largest absolute Gasteiger partial charge is 0.444 e. The second kappa shape index (κ2) is 7.10. The lowest BCUT2D eigenvalue weighted by molar-refractivity contribution is 0.0154. The van der Waals surface area contributed by atoms with E-state index in [1.165, 1.54) is 0 Å². The van der Waals surface area contributed by atoms with Gasteiger partial charge in [0.2, 0.25) is 0 Å². The van der Waals surface area contributed by atoms with Gasteiger partial charge in [0, 0.05) is 19.6 Å². The summed E-state index contributed by atoms with van der Waals surface area (Å²) in [7, 11) is 0. The molecule has 0 radical (unpaired) electrons. The second-order valence-corrected chi connectivity index (χ2v) is 6.40. The number of carbonyl (C=O) groups is 1. The SMILES string of the molecule is CC(C)(C)OC(=O)N1CCCC(CCC(O)CN)C1. The molecule has 19 heavy (non-hydrogen) atoms. The number of nitrogens with zero attached hydrogens (tertiary/aromatic N) is 1. The summed E-state index contributed by atoms with van der Waals surface area (Å²) in [4.78, 5) is 13.8. The van der Waals surface area contributed by atoms with Crippen molar-refractivity contribution in [3.8, 4) is 0 Å². The van der Waals surface area contributed by atoms with Crippen LogP contribution in [0.25, 0.3) is 0 Å². The van der Waals surface area contributed by atoms with Gasteiger partial charge in [-0.1, -0.05) is 0 Å². The number of nitrogens with two attached hydrogens (primary N) is 1. The molecule has 0 aromatic heterocycles. The fourth-order valence-electron chi connectivity index (χ4n) is 2.34. The third-order valence-corrected chi connectivity index (χ3v) is 3.35. The van der Waals surface area contributed by atoms with Crippen molar-refractivity contribution in [2.45, 2.75) is 58.2 Å². The summed E-state index contributed by atoms with van der Waals surface area (Å²) in [6, 6.07) is 0. The molecule has 112 valence electrons. The van der Waals surface area contributed by atoms with Gasteiger partial charge in [-0.05, 0) is 52.4 Å². The fraction of sp³-hybridized carbons (Fsp3) is 0.929. The van der Waals surface area contributed by atoms with Gasteiger partial charge in [0.1, 0.15) is 5.60 Å². The van der Waals surface area contributed by atoms with E-state index in [1.54, 1.807) is 4.90 Å². The number of piperidine rings is 1. The first-order chi connectivity index (χ1) is 8.81. The van der Waals surface area contributed by atoms with Crippen molar-refractivity contribution in [2.75, 3.05) is 19.6 Å². The summed E-state index contributed by atoms with van der Waals surface area (Å²) in [6.45, 7) is 7.44. The molecule has 0 aromatic rings. The fourth-order valence-corrected chi connectivity index (χ4v) is 2.34. The predicted molar refractivity (Wildman–Crippen MR) is 74.8 cm³/mol. The van der Waals surface area contributed by atoms with Crippen molar-refractivity contribution in [1.29, 1.82) is 0 Å². The maximum absolute atomic E-state index is 12.0. The Morgan fingerprint density at radius 2 is 2.21 bits per heavy atom. The van der Waals surface area contributed by atoms with Crippen LogP contribution in [-0.2, 0) is 4.74 Å². The molecule has 3 N–H and O–H groups in total. The van der Waals surface area contributed by atoms with Crippen LogP contribution in [0, 0.1) is 5.92 Å². The van der Waals surface area contributed by atoms with E-state index in [2.05, 4.69) is 0 Å². The summed E-state index contributed by atoms with van der Waals surface area (Å²) in [5, 5.41) is 9.49. The maximum Gasteiger partial charge on any atom is 0.410 e. The van der Waals surface area contributed by atoms with Crippen LogP contribution in [0.15, 0.2) is 0 Å². The molecule has 0 aromatic carbocycles. The molecule has 1 aliphatic rings. The van der Waals surface area contributed by atoms with Gasteiger partial charge >= 0.3 is 6.09 Å². The van der Waals surface area contributed by atoms with Gasteiger partial charge in [-0.15, -0.1) is 0 Å². The van der Waals surface area contributed by atoms with Crippen molar-refractivity contribution < 1.29 is 14.6 Å². The third kappa shape index (κ3) is 6.25. The monoisotopic (exact) mass is 272 g/mol. The van der Waals surface area contributed by atoms with Crippen LogP contribution in [0.1, 0.15) is 46.5 Å². The summed E-state index contributed by atoms with van der Waals surface area (Å²) >= 11 is 0. The van der Waals surface area contributed by atoms with Gasteiger partial charge in [0.05, 0.1) is 6.10 Å². The molecule has 1 rings (SSSR count). The molecule has 0 aliphatic carbocycles. The second-order valence-electron chi connectivity index (χ2n) is 6.40. The lowest BCUT2D eigenvalue weighted by Gasteiger charge is -2.34. The van der Waals surface area contributed by atoms with Crippen LogP contribution in [0.4, 0.5) is 4.79 Å². The highest BCUT2D eigenvalue weighted by Gasteiger charge is 2.27. The molecule has 5 heteroatoms. The molecule has 2 atom stereocenters. The number of likely N-dealkylation sites (tertiary alicyclic amines) is 1. The normalized spacial score (nSPS) is 22.2. The summed E-state index contributed by atoms with van der Waals surface area (Å²) in [5.41, 5.74) is 4.95. The number of ether oxygens (including phenoxy) is 1. The van der Waals surface area contributed by atoms with Gasteiger partial charge in [0.15, 0.2) is 0 Å². The number of amides is 1. The van der Waals surface area contributed by atoms with E-state index in [1.807, 2.05) is 20.8 Å². The van der Waals surface area contributed by atoms with Crippen LogP contribution in [0.5, 0.6) is 0 Å². The number of hydrogen-bond acceptors (Lipinski definition) is 4. The smallest absolute Gasteiger partial charge is 0.410 e. The van der Waals surface area contributed by atoms with E-state index >= 15 is 0 Å². The Kier molecular flexibility index (Phi) is 6.07. The first-order valence-electron chi connectivity index (χ1n) is 7.18. The van der Waals surface area contributed by atoms with E-state index in [-0.39, 0.29) is 6.09 Å². The predicted octanol–water partition coefficient (Wildman–Crippen LogP) is 1.73. The zero-order chi connectivity index (χ0) is 14.5. The Morgan fingerprint density at radius 1 is 1.53 bits per heavy atom. The van der Waals surface area contributed by atoms with E-state index in [0.29, 0.717) is 18.9 Å². The van der Waals surface area contributed by atoms with Crippen molar-refractivity contribution >= 4 is 6.09 Å². The highest BCUT2D eigenvalue weighted by atomic mass is 16.6. The van der Waals surface area contributed by atoms with E-state index in [0.717, 1.165) is 32.4 Å². The van der Waals surface area contributed by atoms with Crippen LogP contribution in [-0.4, -0.2) is 47.4 Å². The molecule has 1 fully saturated rings. The van der Waals surface area contributed by atoms with Gasteiger partial charge in [-0.25, -0.2) is 4.79 Å². The van der Waals surface area contributed by atoms with E-state index < -0.39 is 11.7 Å². The number of rotatable bonds is 4. The molecule has 5 nitrogen and oxygen atoms in total. The molecule has 0 saturated carbocycles. The Bertz CT molecular complexity index is 289. The van der Waals surface area contributed by atoms with Crippen molar-refractivity contribution in [3.63, 3.8) is 0 Å². The standard InChI is InChI=1S/C14H28N2O3/c1-14(2,3)19-13(18)16-8-4-5-11(10-16)6-7-12(17)9-15/h11-12,17H,4-10,15H2,1-3H3. The molecule has 2 unspecified atom stereocenters. The van der Waals surface area contributed by atoms with Crippen LogP contribution < -0.4 is 5.73 Å². The molecule has 1 saturated heterocycles. The molecule has 1 amide bonds. The molecular formula is C14H28N2O3. The Hall–Kier alpha value is -0.810. The lowest BCUT2D eigenvalue weighted by atomic mass is 9.92. The molecule has 0 bridgehead atoms. The van der Waals surface area contributed by atoms with E-state index in [4.69, 9.17) is 10.5 Å². The summed E-state index contributed by atoms with van der Waals surface area (Å²) in [6.07, 6.45) is 3.09. The van der Waals surface area contributed by atoms with Crippen molar-refractivity contribution in [1.82, 2.24) is 4.90 Å². The highest BCUT2D eigenvalue weighted by molar-refractivity contribution is 5.68. The number of hydrogen-bond donors (Lipinski definition) is 2. The summed E-state index contributed by atoms with van der Waals surface area (Å²) in [5.74, 6) is 0.447. The van der Waals surface area contributed by atoms with Gasteiger partial charge < -0.3 is 20.5 Å². The Morgan fingerprint density at radius 3 is 2.79 bits per heavy atom. The van der Waals surface area contributed by atoms with Crippen molar-refractivity contribution in [2.24, 2.45) is 11.7 Å². The Labute approximate surface area is 116 Å². The quantitative estimate of drug-likeness (QED) is 0.817. The molecule has 1 heterocycles. The van der Waals surface area contributed by atoms with Crippen LogP contribution >= 0.6 is 0 Å². The minimum atomic E-state index is -0.445. The summed E-state index contributed by atoms with van der Waals surface area (Å²) < 4.78 is 5.39. The van der Waals surface area contributed by atoms with E-state index in [9.17, 15) is 9.90 Å². The number of aliphatic hydroxyl groups is 1. The van der Waals surface area contributed by atoms with Gasteiger partial charge in [-0.2, -0.15) is 0 Å². The van der Waals surface area contributed by atoms with Gasteiger partial charge in [-0.3, -0.25) is 0 Å². The number of aliphatic hydroxyl groups excluding tert-OH is 1. The maximum atomic E-state index is 12.0. The zero-order valence-corrected chi connectivity index (χ0v) is 12.4. The number of carbonyl (C=O) groups excluding carboxylic acids is 1. The van der Waals surface area contributed by atoms with Crippen molar-refractivity contribution in [3.05, 3.63) is 0 Å². The lowest BCUT2D eigenvalue weighted by Crippen LogP contribution is -2.43. The van der Waals surface area contributed by atoms with Crippen LogP contribution in [0.3, 0.4) is 0 Å². The zero-order valence-electron chi connectivity index (χ0n) is 12.4. The minimum absolute atomic E-state index is 0.225. The first kappa shape index (κ1) is 16.2. The first-order valence-corrected chi connectivity index (χ1v) is 7.18. The molecule has 1 aliphatic heterocycles. The topological polar surface area (TPSA) is 75.8 Å². The highest BCUT2D eigenvalue weighted by Crippen LogP contribution is 2.23. The van der Waals surface area contributed by atoms with Crippen LogP contribution in [0.2, 0.25) is 0 Å². The molecule has 0 spiro atoms.